The van der Waals surface area contributed by atoms with Gasteiger partial charge in [-0.25, -0.2) is 4.98 Å². The average Bonchev–Trinajstić information content (AvgIpc) is 2.63. The van der Waals surface area contributed by atoms with E-state index >= 15 is 0 Å². The molecule has 0 unspecified atom stereocenters. The standard InChI is InChI=1S/C20H24F3N3O2/c1-4-26(5-2)12-10-14-8-9-16(13(3)17(14)20(21,22)23)25-18-15(19(27)28)7-6-11-24-18/h6-9,11H,4-5,10,12H2,1-3H3,(H,24,25)(H,27,28)/p-1. The fourth-order valence-corrected chi connectivity index (χ4v) is 3.12. The molecule has 0 aliphatic heterocycles. The molecule has 0 aliphatic carbocycles. The van der Waals surface area contributed by atoms with Crippen molar-refractivity contribution in [2.24, 2.45) is 0 Å². The third-order valence-corrected chi connectivity index (χ3v) is 4.71. The van der Waals surface area contributed by atoms with Crippen molar-refractivity contribution in [3.05, 3.63) is 52.7 Å². The highest BCUT2D eigenvalue weighted by Gasteiger charge is 2.36. The maximum Gasteiger partial charge on any atom is 0.417 e. The lowest BCUT2D eigenvalue weighted by atomic mass is 9.97. The van der Waals surface area contributed by atoms with E-state index in [-0.39, 0.29) is 34.6 Å². The van der Waals surface area contributed by atoms with Crippen LogP contribution in [0, 0.1) is 6.92 Å². The molecule has 0 saturated carbocycles. The second-order valence-electron chi connectivity index (χ2n) is 6.36. The van der Waals surface area contributed by atoms with Gasteiger partial charge in [0.1, 0.15) is 5.82 Å². The van der Waals surface area contributed by atoms with Gasteiger partial charge in [-0.2, -0.15) is 13.2 Å². The van der Waals surface area contributed by atoms with E-state index in [9.17, 15) is 23.1 Å². The van der Waals surface area contributed by atoms with E-state index in [0.717, 1.165) is 13.1 Å². The molecule has 1 heterocycles. The van der Waals surface area contributed by atoms with Crippen molar-refractivity contribution in [3.63, 3.8) is 0 Å². The lowest BCUT2D eigenvalue weighted by Gasteiger charge is -2.22. The molecule has 0 atom stereocenters. The van der Waals surface area contributed by atoms with Gasteiger partial charge < -0.3 is 20.1 Å². The van der Waals surface area contributed by atoms with E-state index in [1.165, 1.54) is 37.4 Å². The third kappa shape index (κ3) is 5.01. The molecule has 28 heavy (non-hydrogen) atoms. The van der Waals surface area contributed by atoms with E-state index in [2.05, 4.69) is 15.2 Å². The lowest BCUT2D eigenvalue weighted by Crippen LogP contribution is -2.26. The van der Waals surface area contributed by atoms with Gasteiger partial charge >= 0.3 is 6.18 Å². The Morgan fingerprint density at radius 1 is 1.21 bits per heavy atom. The number of rotatable bonds is 8. The molecule has 1 aromatic carbocycles. The number of likely N-dealkylation sites (N-methyl/N-ethyl adjacent to an activating group) is 1. The molecule has 0 fully saturated rings. The number of alkyl halides is 3. The van der Waals surface area contributed by atoms with Gasteiger partial charge in [0.25, 0.3) is 0 Å². The Morgan fingerprint density at radius 2 is 1.89 bits per heavy atom. The summed E-state index contributed by atoms with van der Waals surface area (Å²) < 4.78 is 41.3. The van der Waals surface area contributed by atoms with Crippen LogP contribution in [0.25, 0.3) is 0 Å². The minimum atomic E-state index is -4.53. The number of carbonyl (C=O) groups excluding carboxylic acids is 1. The predicted molar refractivity (Wildman–Crippen MR) is 99.5 cm³/mol. The molecule has 0 amide bonds. The molecule has 0 spiro atoms. The van der Waals surface area contributed by atoms with Crippen LogP contribution in [-0.2, 0) is 12.6 Å². The van der Waals surface area contributed by atoms with Gasteiger partial charge in [0.2, 0.25) is 0 Å². The van der Waals surface area contributed by atoms with Crippen molar-refractivity contribution in [3.8, 4) is 0 Å². The Kier molecular flexibility index (Phi) is 7.01. The number of anilines is 2. The summed E-state index contributed by atoms with van der Waals surface area (Å²) in [5.41, 5.74) is -0.556. The fraction of sp³-hybridized carbons (Fsp3) is 0.400. The number of halogens is 3. The number of pyridine rings is 1. The molecular formula is C20H23F3N3O2-. The molecule has 0 saturated heterocycles. The highest BCUT2D eigenvalue weighted by atomic mass is 19.4. The van der Waals surface area contributed by atoms with Crippen molar-refractivity contribution < 1.29 is 23.1 Å². The summed E-state index contributed by atoms with van der Waals surface area (Å²) in [6.45, 7) is 7.36. The minimum absolute atomic E-state index is 0.000465. The number of nitrogens with one attached hydrogen (secondary N) is 1. The SMILES string of the molecule is CCN(CC)CCc1ccc(Nc2ncccc2C(=O)[O-])c(C)c1C(F)(F)F. The number of nitrogens with zero attached hydrogens (tertiary/aromatic N) is 2. The summed E-state index contributed by atoms with van der Waals surface area (Å²) in [6, 6.07) is 5.66. The largest absolute Gasteiger partial charge is 0.545 e. The highest BCUT2D eigenvalue weighted by Crippen LogP contribution is 2.38. The van der Waals surface area contributed by atoms with E-state index < -0.39 is 17.7 Å². The van der Waals surface area contributed by atoms with Gasteiger partial charge in [-0.1, -0.05) is 19.9 Å². The van der Waals surface area contributed by atoms with Crippen molar-refractivity contribution >= 4 is 17.5 Å². The molecule has 2 rings (SSSR count). The first kappa shape index (κ1) is 21.7. The molecule has 152 valence electrons. The summed E-state index contributed by atoms with van der Waals surface area (Å²) in [4.78, 5) is 17.2. The fourth-order valence-electron chi connectivity index (χ4n) is 3.12. The van der Waals surface area contributed by atoms with Crippen LogP contribution in [0.3, 0.4) is 0 Å². The molecule has 2 aromatic rings. The van der Waals surface area contributed by atoms with Gasteiger partial charge in [0.15, 0.2) is 0 Å². The molecule has 1 N–H and O–H groups in total. The van der Waals surface area contributed by atoms with Crippen LogP contribution < -0.4 is 10.4 Å². The van der Waals surface area contributed by atoms with Crippen molar-refractivity contribution in [1.82, 2.24) is 9.88 Å². The Morgan fingerprint density at radius 3 is 2.46 bits per heavy atom. The number of benzene rings is 1. The first-order chi connectivity index (χ1) is 13.2. The lowest BCUT2D eigenvalue weighted by molar-refractivity contribution is -0.254. The maximum atomic E-state index is 13.8. The van der Waals surface area contributed by atoms with Gasteiger partial charge in [-0.15, -0.1) is 0 Å². The Labute approximate surface area is 162 Å². The first-order valence-corrected chi connectivity index (χ1v) is 9.04. The Hall–Kier alpha value is -2.61. The van der Waals surface area contributed by atoms with Gasteiger partial charge in [-0.3, -0.25) is 0 Å². The third-order valence-electron chi connectivity index (χ3n) is 4.71. The zero-order valence-electron chi connectivity index (χ0n) is 16.1. The summed E-state index contributed by atoms with van der Waals surface area (Å²) >= 11 is 0. The quantitative estimate of drug-likeness (QED) is 0.743. The molecular weight excluding hydrogens is 371 g/mol. The van der Waals surface area contributed by atoms with E-state index in [4.69, 9.17) is 0 Å². The summed E-state index contributed by atoms with van der Waals surface area (Å²) in [6.07, 6.45) is -2.90. The van der Waals surface area contributed by atoms with E-state index in [0.29, 0.717) is 6.54 Å². The monoisotopic (exact) mass is 394 g/mol. The number of carboxylic acid groups (broad SMARTS) is 1. The number of hydrogen-bond donors (Lipinski definition) is 1. The molecule has 0 aliphatic rings. The van der Waals surface area contributed by atoms with Crippen LogP contribution in [0.2, 0.25) is 0 Å². The Balaban J connectivity index is 2.42. The predicted octanol–water partition coefficient (Wildman–Crippen LogP) is 3.40. The van der Waals surface area contributed by atoms with E-state index in [1.807, 2.05) is 13.8 Å². The van der Waals surface area contributed by atoms with Crippen LogP contribution in [0.4, 0.5) is 24.7 Å². The molecule has 0 bridgehead atoms. The van der Waals surface area contributed by atoms with Gasteiger partial charge in [0.05, 0.1) is 11.5 Å². The van der Waals surface area contributed by atoms with E-state index in [1.54, 1.807) is 0 Å². The molecule has 5 nitrogen and oxygen atoms in total. The smallest absolute Gasteiger partial charge is 0.417 e. The minimum Gasteiger partial charge on any atom is -0.545 e. The number of carboxylic acids is 1. The summed E-state index contributed by atoms with van der Waals surface area (Å²) in [7, 11) is 0. The van der Waals surface area contributed by atoms with Crippen LogP contribution in [0.15, 0.2) is 30.5 Å². The number of carbonyl (C=O) groups is 1. The topological polar surface area (TPSA) is 68.3 Å². The van der Waals surface area contributed by atoms with Crippen molar-refractivity contribution in [1.29, 1.82) is 0 Å². The maximum absolute atomic E-state index is 13.8. The van der Waals surface area contributed by atoms with Gasteiger partial charge in [0, 0.05) is 24.0 Å². The van der Waals surface area contributed by atoms with Crippen molar-refractivity contribution in [2.75, 3.05) is 25.0 Å². The van der Waals surface area contributed by atoms with Crippen molar-refractivity contribution in [2.45, 2.75) is 33.4 Å². The Bertz CT molecular complexity index is 834. The molecule has 1 aromatic heterocycles. The summed E-state index contributed by atoms with van der Waals surface area (Å²) in [5.74, 6) is -1.52. The average molecular weight is 394 g/mol. The normalized spacial score (nSPS) is 11.7. The summed E-state index contributed by atoms with van der Waals surface area (Å²) in [5, 5.41) is 13.9. The zero-order chi connectivity index (χ0) is 20.9. The number of aromatic nitrogens is 1. The van der Waals surface area contributed by atoms with Gasteiger partial charge in [-0.05, 0) is 55.8 Å². The van der Waals surface area contributed by atoms with Crippen LogP contribution >= 0.6 is 0 Å². The molecule has 8 heteroatoms. The number of hydrogen-bond acceptors (Lipinski definition) is 5. The first-order valence-electron chi connectivity index (χ1n) is 9.04. The second kappa shape index (κ2) is 9.05. The number of aromatic carboxylic acids is 1. The molecule has 0 radical (unpaired) electrons. The second-order valence-corrected chi connectivity index (χ2v) is 6.36. The zero-order valence-corrected chi connectivity index (χ0v) is 16.1. The van der Waals surface area contributed by atoms with Crippen LogP contribution in [0.1, 0.15) is 40.9 Å². The van der Waals surface area contributed by atoms with Crippen LogP contribution in [-0.4, -0.2) is 35.5 Å². The van der Waals surface area contributed by atoms with Crippen LogP contribution in [0.5, 0.6) is 0 Å². The highest BCUT2D eigenvalue weighted by molar-refractivity contribution is 5.92.